The molecule has 0 unspecified atom stereocenters. The van der Waals surface area contributed by atoms with E-state index in [0.29, 0.717) is 23.8 Å². The minimum Gasteiger partial charge on any atom is -0.492 e. The van der Waals surface area contributed by atoms with Crippen molar-refractivity contribution in [1.82, 2.24) is 0 Å². The molecule has 1 aliphatic rings. The van der Waals surface area contributed by atoms with Crippen molar-refractivity contribution in [2.75, 3.05) is 6.61 Å². The van der Waals surface area contributed by atoms with Gasteiger partial charge in [0, 0.05) is 11.4 Å². The Balaban J connectivity index is 2.04. The van der Waals surface area contributed by atoms with E-state index in [-0.39, 0.29) is 11.3 Å². The number of rotatable bonds is 3. The molecule has 1 aromatic heterocycles. The van der Waals surface area contributed by atoms with Crippen molar-refractivity contribution in [2.45, 2.75) is 6.42 Å². The molecule has 102 valence electrons. The zero-order valence-corrected chi connectivity index (χ0v) is 10.8. The third-order valence-electron chi connectivity index (χ3n) is 2.99. The summed E-state index contributed by atoms with van der Waals surface area (Å²) < 4.78 is 10.3. The molecule has 0 aliphatic carbocycles. The van der Waals surface area contributed by atoms with Gasteiger partial charge in [0.1, 0.15) is 10.7 Å². The molecule has 20 heavy (non-hydrogen) atoms. The van der Waals surface area contributed by atoms with Crippen LogP contribution in [0.5, 0.6) is 5.75 Å². The quantitative estimate of drug-likeness (QED) is 0.493. The Morgan fingerprint density at radius 2 is 2.15 bits per heavy atom. The van der Waals surface area contributed by atoms with Gasteiger partial charge in [0.15, 0.2) is 5.76 Å². The standard InChI is InChI=1S/C13H8ClNO5/c14-8-5-7-3-4-19-13(7)9(6-8)12(16)10-1-2-11(20-10)15(17)18/h1-2,5-6H,3-4H2. The lowest BCUT2D eigenvalue weighted by Crippen LogP contribution is -2.02. The molecule has 0 radical (unpaired) electrons. The Morgan fingerprint density at radius 1 is 1.35 bits per heavy atom. The van der Waals surface area contributed by atoms with Crippen molar-refractivity contribution < 1.29 is 18.9 Å². The lowest BCUT2D eigenvalue weighted by molar-refractivity contribution is -0.402. The van der Waals surface area contributed by atoms with Crippen molar-refractivity contribution in [3.8, 4) is 5.75 Å². The average molecular weight is 294 g/mol. The van der Waals surface area contributed by atoms with Crippen LogP contribution in [-0.2, 0) is 6.42 Å². The summed E-state index contributed by atoms with van der Waals surface area (Å²) in [5.41, 5.74) is 1.11. The van der Waals surface area contributed by atoms with Gasteiger partial charge in [-0.25, -0.2) is 0 Å². The number of halogens is 1. The molecule has 0 bridgehead atoms. The number of ketones is 1. The van der Waals surface area contributed by atoms with E-state index in [9.17, 15) is 14.9 Å². The van der Waals surface area contributed by atoms with E-state index < -0.39 is 16.6 Å². The number of hydrogen-bond donors (Lipinski definition) is 0. The van der Waals surface area contributed by atoms with E-state index in [1.807, 2.05) is 0 Å². The maximum Gasteiger partial charge on any atom is 0.433 e. The topological polar surface area (TPSA) is 82.6 Å². The molecule has 6 nitrogen and oxygen atoms in total. The number of carbonyl (C=O) groups is 1. The predicted octanol–water partition coefficient (Wildman–Crippen LogP) is 3.01. The summed E-state index contributed by atoms with van der Waals surface area (Å²) in [5, 5.41) is 11.0. The smallest absolute Gasteiger partial charge is 0.433 e. The maximum atomic E-state index is 12.3. The van der Waals surface area contributed by atoms with Gasteiger partial charge in [0.05, 0.1) is 18.2 Å². The third-order valence-corrected chi connectivity index (χ3v) is 3.21. The number of benzene rings is 1. The summed E-state index contributed by atoms with van der Waals surface area (Å²) >= 11 is 5.97. The van der Waals surface area contributed by atoms with Crippen LogP contribution in [0.2, 0.25) is 5.02 Å². The van der Waals surface area contributed by atoms with E-state index >= 15 is 0 Å². The molecule has 0 N–H and O–H groups in total. The number of ether oxygens (including phenoxy) is 1. The Kier molecular flexibility index (Phi) is 2.94. The fourth-order valence-electron chi connectivity index (χ4n) is 2.12. The van der Waals surface area contributed by atoms with E-state index in [2.05, 4.69) is 0 Å². The summed E-state index contributed by atoms with van der Waals surface area (Å²) in [5.74, 6) is -0.609. The highest BCUT2D eigenvalue weighted by atomic mass is 35.5. The SMILES string of the molecule is O=C(c1ccc([N+](=O)[O-])o1)c1cc(Cl)cc2c1OCC2. The second-order valence-corrected chi connectivity index (χ2v) is 4.70. The van der Waals surface area contributed by atoms with Crippen LogP contribution in [0, 0.1) is 10.1 Å². The number of carbonyl (C=O) groups excluding carboxylic acids is 1. The molecule has 0 saturated heterocycles. The van der Waals surface area contributed by atoms with E-state index in [1.54, 1.807) is 6.07 Å². The van der Waals surface area contributed by atoms with Gasteiger partial charge in [-0.1, -0.05) is 11.6 Å². The molecular formula is C13H8ClNO5. The Hall–Kier alpha value is -2.34. The highest BCUT2D eigenvalue weighted by molar-refractivity contribution is 6.31. The Morgan fingerprint density at radius 3 is 2.85 bits per heavy atom. The van der Waals surface area contributed by atoms with E-state index in [1.165, 1.54) is 12.1 Å². The first-order valence-electron chi connectivity index (χ1n) is 5.80. The van der Waals surface area contributed by atoms with Crippen LogP contribution in [0.3, 0.4) is 0 Å². The van der Waals surface area contributed by atoms with Gasteiger partial charge in [-0.3, -0.25) is 14.9 Å². The van der Waals surface area contributed by atoms with Crippen LogP contribution >= 0.6 is 11.6 Å². The maximum absolute atomic E-state index is 12.3. The first kappa shape index (κ1) is 12.7. The number of nitrogens with zero attached hydrogens (tertiary/aromatic N) is 1. The predicted molar refractivity (Wildman–Crippen MR) is 69.4 cm³/mol. The number of furan rings is 1. The minimum absolute atomic E-state index is 0.114. The largest absolute Gasteiger partial charge is 0.492 e. The zero-order chi connectivity index (χ0) is 14.3. The molecule has 0 amide bonds. The van der Waals surface area contributed by atoms with Crippen LogP contribution in [0.1, 0.15) is 21.7 Å². The average Bonchev–Trinajstić information content (AvgIpc) is 3.05. The molecule has 0 atom stereocenters. The molecule has 1 aromatic carbocycles. The Bertz CT molecular complexity index is 722. The normalized spacial score (nSPS) is 12.8. The minimum atomic E-state index is -0.699. The third kappa shape index (κ3) is 2.04. The van der Waals surface area contributed by atoms with Gasteiger partial charge in [-0.15, -0.1) is 0 Å². The van der Waals surface area contributed by atoms with Crippen molar-refractivity contribution in [2.24, 2.45) is 0 Å². The second kappa shape index (κ2) is 4.64. The summed E-state index contributed by atoms with van der Waals surface area (Å²) in [7, 11) is 0. The van der Waals surface area contributed by atoms with Gasteiger partial charge in [0.25, 0.3) is 0 Å². The number of fused-ring (bicyclic) bond motifs is 1. The molecule has 0 fully saturated rings. The molecule has 0 saturated carbocycles. The van der Waals surface area contributed by atoms with Crippen LogP contribution in [0.25, 0.3) is 0 Å². The van der Waals surface area contributed by atoms with Gasteiger partial charge in [0.2, 0.25) is 5.78 Å². The molecule has 7 heteroatoms. The molecule has 3 rings (SSSR count). The van der Waals surface area contributed by atoms with Gasteiger partial charge >= 0.3 is 5.88 Å². The monoisotopic (exact) mass is 293 g/mol. The zero-order valence-electron chi connectivity index (χ0n) is 10.1. The van der Waals surface area contributed by atoms with Crippen molar-refractivity contribution in [1.29, 1.82) is 0 Å². The summed E-state index contributed by atoms with van der Waals surface area (Å²) in [6.07, 6.45) is 0.675. The highest BCUT2D eigenvalue weighted by Crippen LogP contribution is 2.34. The first-order valence-corrected chi connectivity index (χ1v) is 6.18. The molecule has 2 aromatic rings. The fourth-order valence-corrected chi connectivity index (χ4v) is 2.36. The summed E-state index contributed by atoms with van der Waals surface area (Å²) in [4.78, 5) is 22.2. The Labute approximate surface area is 118 Å². The summed E-state index contributed by atoms with van der Waals surface area (Å²) in [6.45, 7) is 0.480. The second-order valence-electron chi connectivity index (χ2n) is 4.26. The van der Waals surface area contributed by atoms with Crippen LogP contribution in [0.15, 0.2) is 28.7 Å². The molecule has 2 heterocycles. The van der Waals surface area contributed by atoms with Crippen LogP contribution in [-0.4, -0.2) is 17.3 Å². The van der Waals surface area contributed by atoms with Crippen LogP contribution in [0.4, 0.5) is 5.88 Å². The van der Waals surface area contributed by atoms with Gasteiger partial charge < -0.3 is 9.15 Å². The highest BCUT2D eigenvalue weighted by Gasteiger charge is 2.26. The summed E-state index contributed by atoms with van der Waals surface area (Å²) in [6, 6.07) is 5.62. The molecular weight excluding hydrogens is 286 g/mol. The van der Waals surface area contributed by atoms with Crippen molar-refractivity contribution >= 4 is 23.3 Å². The number of nitro groups is 1. The molecule has 0 spiro atoms. The first-order chi connectivity index (χ1) is 9.56. The fraction of sp³-hybridized carbons (Fsp3) is 0.154. The number of hydrogen-bond acceptors (Lipinski definition) is 5. The van der Waals surface area contributed by atoms with E-state index in [4.69, 9.17) is 20.8 Å². The lowest BCUT2D eigenvalue weighted by Gasteiger charge is -2.06. The van der Waals surface area contributed by atoms with Crippen molar-refractivity contribution in [3.05, 3.63) is 56.3 Å². The molecule has 1 aliphatic heterocycles. The van der Waals surface area contributed by atoms with Gasteiger partial charge in [-0.2, -0.15) is 0 Å². The lowest BCUT2D eigenvalue weighted by atomic mass is 10.0. The van der Waals surface area contributed by atoms with E-state index in [0.717, 1.165) is 11.6 Å². The van der Waals surface area contributed by atoms with Crippen molar-refractivity contribution in [3.63, 3.8) is 0 Å². The van der Waals surface area contributed by atoms with Gasteiger partial charge in [-0.05, 0) is 23.8 Å². The van der Waals surface area contributed by atoms with Crippen LogP contribution < -0.4 is 4.74 Å².